The Bertz CT molecular complexity index is 1400. The molecule has 0 aromatic heterocycles. The van der Waals surface area contributed by atoms with E-state index < -0.39 is 20.0 Å². The fourth-order valence-electron chi connectivity index (χ4n) is 7.96. The van der Waals surface area contributed by atoms with Gasteiger partial charge in [-0.25, -0.2) is 0 Å². The van der Waals surface area contributed by atoms with Gasteiger partial charge in [0.2, 0.25) is 5.91 Å². The highest BCUT2D eigenvalue weighted by molar-refractivity contribution is 7.45. The summed E-state index contributed by atoms with van der Waals surface area (Å²) in [6.45, 7) is 4.59. The van der Waals surface area contributed by atoms with Gasteiger partial charge < -0.3 is 28.8 Å². The number of nitrogens with one attached hydrogen (secondary N) is 1. The highest BCUT2D eigenvalue weighted by Gasteiger charge is 2.24. The minimum absolute atomic E-state index is 0.00102. The van der Waals surface area contributed by atoms with Crippen LogP contribution >= 0.6 is 7.82 Å². The van der Waals surface area contributed by atoms with E-state index in [-0.39, 0.29) is 19.1 Å². The monoisotopic (exact) mass is 985 g/mol. The molecule has 0 radical (unpaired) electrons. The van der Waals surface area contributed by atoms with Gasteiger partial charge in [-0.1, -0.05) is 247 Å². The van der Waals surface area contributed by atoms with Crippen LogP contribution < -0.4 is 10.2 Å². The van der Waals surface area contributed by atoms with Crippen molar-refractivity contribution >= 4 is 13.7 Å². The number of allylic oxidation sites excluding steroid dienone is 14. The number of rotatable bonds is 51. The van der Waals surface area contributed by atoms with Crippen molar-refractivity contribution in [1.82, 2.24) is 5.32 Å². The summed E-state index contributed by atoms with van der Waals surface area (Å²) in [5, 5.41) is 14.0. The van der Waals surface area contributed by atoms with E-state index in [9.17, 15) is 19.4 Å². The van der Waals surface area contributed by atoms with Crippen molar-refractivity contribution in [1.29, 1.82) is 0 Å². The number of nitrogens with zero attached hydrogens (tertiary/aromatic N) is 1. The Balaban J connectivity index is 4.30. The molecule has 69 heavy (non-hydrogen) atoms. The van der Waals surface area contributed by atoms with E-state index in [4.69, 9.17) is 9.05 Å². The van der Waals surface area contributed by atoms with Gasteiger partial charge in [0.05, 0.1) is 39.9 Å². The molecule has 0 aromatic carbocycles. The number of carbonyl (C=O) groups is 1. The van der Waals surface area contributed by atoms with Gasteiger partial charge in [-0.15, -0.1) is 0 Å². The first-order valence-electron chi connectivity index (χ1n) is 28.4. The van der Waals surface area contributed by atoms with E-state index in [2.05, 4.69) is 104 Å². The van der Waals surface area contributed by atoms with Crippen molar-refractivity contribution in [3.05, 3.63) is 85.1 Å². The number of aliphatic hydroxyl groups is 1. The molecule has 0 saturated heterocycles. The number of aliphatic hydroxyl groups excluding tert-OH is 1. The topological polar surface area (TPSA) is 108 Å². The summed E-state index contributed by atoms with van der Waals surface area (Å²) in [6.07, 6.45) is 70.4. The molecule has 3 atom stereocenters. The Morgan fingerprint density at radius 2 is 0.884 bits per heavy atom. The number of phosphoric acid groups is 1. The normalized spacial score (nSPS) is 14.6. The van der Waals surface area contributed by atoms with Crippen LogP contribution in [0.2, 0.25) is 0 Å². The Morgan fingerprint density at radius 3 is 1.28 bits per heavy atom. The van der Waals surface area contributed by atoms with Crippen LogP contribution in [0.25, 0.3) is 0 Å². The van der Waals surface area contributed by atoms with Crippen LogP contribution in [-0.2, 0) is 18.4 Å². The minimum atomic E-state index is -4.59. The van der Waals surface area contributed by atoms with E-state index >= 15 is 0 Å². The molecule has 0 saturated carbocycles. The SMILES string of the molecule is CC/C=C\C/C=C\C/C=C\C/C=C\C/C=C\C/C=C\C/C=C\CCCCCC(=O)NC(COP(=O)([O-])OCC[N+](C)(C)C)C(O)CCCCCCCCCCCCCCCCCCCCCCCC. The van der Waals surface area contributed by atoms with Gasteiger partial charge in [0.1, 0.15) is 13.2 Å². The predicted octanol–water partition coefficient (Wildman–Crippen LogP) is 16.6. The molecule has 1 amide bonds. The molecule has 0 aromatic rings. The fourth-order valence-corrected chi connectivity index (χ4v) is 8.68. The molecule has 0 heterocycles. The standard InChI is InChI=1S/C60H109N2O6P/c1-6-8-10-12-14-16-18-20-22-24-26-28-30-31-32-34-36-38-40-42-44-46-48-50-52-54-60(64)61-58(57-68-69(65,66)67-56-55-62(3,4)5)59(63)53-51-49-47-45-43-41-39-37-35-33-29-27-25-23-21-19-17-15-13-11-9-7-2/h8,10,14,16,20,22,26,28,31-32,36,38,42,44,58-59,63H,6-7,9,11-13,15,17-19,21,23-25,27,29-30,33-35,37,39-41,43,45-57H2,1-5H3,(H-,61,64,65,66)/b10-8-,16-14-,22-20-,28-26-,32-31-,38-36-,44-42-. The van der Waals surface area contributed by atoms with Crippen molar-refractivity contribution in [2.75, 3.05) is 40.9 Å². The average Bonchev–Trinajstić information content (AvgIpc) is 3.31. The number of quaternary nitrogens is 1. The Kier molecular flexibility index (Phi) is 48.9. The second-order valence-corrected chi connectivity index (χ2v) is 21.7. The van der Waals surface area contributed by atoms with Crippen molar-refractivity contribution < 1.29 is 32.9 Å². The first-order chi connectivity index (χ1) is 33.5. The maximum Gasteiger partial charge on any atom is 0.268 e. The molecule has 0 bridgehead atoms. The van der Waals surface area contributed by atoms with Gasteiger partial charge in [-0.05, 0) is 70.6 Å². The zero-order valence-electron chi connectivity index (χ0n) is 45.5. The number of amides is 1. The lowest BCUT2D eigenvalue weighted by molar-refractivity contribution is -0.870. The number of carbonyl (C=O) groups excluding carboxylic acids is 1. The molecule has 2 N–H and O–H groups in total. The summed E-state index contributed by atoms with van der Waals surface area (Å²) < 4.78 is 23.4. The van der Waals surface area contributed by atoms with Gasteiger partial charge in [0, 0.05) is 6.42 Å². The first-order valence-corrected chi connectivity index (χ1v) is 29.9. The minimum Gasteiger partial charge on any atom is -0.756 e. The number of likely N-dealkylation sites (N-methyl/N-ethyl adjacent to an activating group) is 1. The van der Waals surface area contributed by atoms with Crippen LogP contribution in [0.3, 0.4) is 0 Å². The van der Waals surface area contributed by atoms with Crippen LogP contribution in [0, 0.1) is 0 Å². The molecule has 3 unspecified atom stereocenters. The zero-order valence-corrected chi connectivity index (χ0v) is 46.4. The molecular weight excluding hydrogens is 876 g/mol. The summed E-state index contributed by atoms with van der Waals surface area (Å²) in [5.41, 5.74) is 0. The lowest BCUT2D eigenvalue weighted by Gasteiger charge is -2.30. The first kappa shape index (κ1) is 66.7. The number of phosphoric ester groups is 1. The smallest absolute Gasteiger partial charge is 0.268 e. The van der Waals surface area contributed by atoms with Gasteiger partial charge >= 0.3 is 0 Å². The molecule has 0 aliphatic heterocycles. The van der Waals surface area contributed by atoms with E-state index in [1.807, 2.05) is 21.1 Å². The Labute approximate surface area is 426 Å². The molecule has 400 valence electrons. The number of hydrogen-bond donors (Lipinski definition) is 2. The zero-order chi connectivity index (χ0) is 50.6. The largest absolute Gasteiger partial charge is 0.756 e. The van der Waals surface area contributed by atoms with Gasteiger partial charge in [-0.3, -0.25) is 9.36 Å². The average molecular weight is 986 g/mol. The van der Waals surface area contributed by atoms with Crippen LogP contribution in [0.5, 0.6) is 0 Å². The molecule has 0 spiro atoms. The molecule has 9 heteroatoms. The molecule has 0 aliphatic carbocycles. The Morgan fingerprint density at radius 1 is 0.522 bits per heavy atom. The van der Waals surface area contributed by atoms with Gasteiger partial charge in [0.15, 0.2) is 0 Å². The summed E-state index contributed by atoms with van der Waals surface area (Å²) in [6, 6.07) is -0.825. The number of unbranched alkanes of at least 4 members (excludes halogenated alkanes) is 24. The molecule has 8 nitrogen and oxygen atoms in total. The highest BCUT2D eigenvalue weighted by Crippen LogP contribution is 2.38. The second kappa shape index (κ2) is 50.6. The van der Waals surface area contributed by atoms with Crippen LogP contribution in [0.4, 0.5) is 0 Å². The third kappa shape index (κ3) is 53.3. The quantitative estimate of drug-likeness (QED) is 0.0272. The molecular formula is C60H109N2O6P. The van der Waals surface area contributed by atoms with Crippen molar-refractivity contribution in [3.8, 4) is 0 Å². The molecule has 0 fully saturated rings. The Hall–Kier alpha value is -2.32. The summed E-state index contributed by atoms with van der Waals surface area (Å²) in [7, 11) is 1.27. The van der Waals surface area contributed by atoms with Crippen LogP contribution in [-0.4, -0.2) is 68.5 Å². The van der Waals surface area contributed by atoms with Crippen molar-refractivity contribution in [3.63, 3.8) is 0 Å². The summed E-state index contributed by atoms with van der Waals surface area (Å²) in [5.74, 6) is -0.198. The van der Waals surface area contributed by atoms with E-state index in [0.717, 1.165) is 89.9 Å². The maximum atomic E-state index is 13.0. The fraction of sp³-hybridized carbons (Fsp3) is 0.750. The van der Waals surface area contributed by atoms with E-state index in [0.29, 0.717) is 23.9 Å². The predicted molar refractivity (Wildman–Crippen MR) is 297 cm³/mol. The van der Waals surface area contributed by atoms with E-state index in [1.165, 1.54) is 122 Å². The van der Waals surface area contributed by atoms with Gasteiger partial charge in [0.25, 0.3) is 7.82 Å². The summed E-state index contributed by atoms with van der Waals surface area (Å²) >= 11 is 0. The molecule has 0 aliphatic rings. The van der Waals surface area contributed by atoms with Gasteiger partial charge in [-0.2, -0.15) is 0 Å². The summed E-state index contributed by atoms with van der Waals surface area (Å²) in [4.78, 5) is 25.5. The third-order valence-corrected chi connectivity index (χ3v) is 13.4. The van der Waals surface area contributed by atoms with E-state index in [1.54, 1.807) is 0 Å². The second-order valence-electron chi connectivity index (χ2n) is 20.3. The lowest BCUT2D eigenvalue weighted by Crippen LogP contribution is -2.46. The van der Waals surface area contributed by atoms with Crippen molar-refractivity contribution in [2.24, 2.45) is 0 Å². The third-order valence-electron chi connectivity index (χ3n) is 12.4. The van der Waals surface area contributed by atoms with Crippen molar-refractivity contribution in [2.45, 2.75) is 251 Å². The highest BCUT2D eigenvalue weighted by atomic mass is 31.2. The van der Waals surface area contributed by atoms with Crippen LogP contribution in [0.1, 0.15) is 239 Å². The molecule has 0 rings (SSSR count). The number of hydrogen-bond acceptors (Lipinski definition) is 6. The van der Waals surface area contributed by atoms with Crippen LogP contribution in [0.15, 0.2) is 85.1 Å². The maximum absolute atomic E-state index is 13.0. The lowest BCUT2D eigenvalue weighted by atomic mass is 10.0.